The SMILES string of the molecule is CCCNC(CC(C)COC)C1CC1c1ccccc1. The van der Waals surface area contributed by atoms with Crippen molar-refractivity contribution in [3.63, 3.8) is 0 Å². The van der Waals surface area contributed by atoms with Crippen molar-refractivity contribution in [2.24, 2.45) is 11.8 Å². The van der Waals surface area contributed by atoms with Crippen molar-refractivity contribution in [2.45, 2.75) is 45.1 Å². The fourth-order valence-corrected chi connectivity index (χ4v) is 3.27. The van der Waals surface area contributed by atoms with Crippen molar-refractivity contribution < 1.29 is 4.74 Å². The second-order valence-corrected chi connectivity index (χ2v) is 6.27. The maximum absolute atomic E-state index is 5.29. The summed E-state index contributed by atoms with van der Waals surface area (Å²) < 4.78 is 5.29. The molecule has 1 fully saturated rings. The molecule has 0 heterocycles. The van der Waals surface area contributed by atoms with Crippen molar-refractivity contribution >= 4 is 0 Å². The standard InChI is InChI=1S/C18H29NO/c1-4-10-19-18(11-14(2)13-20-3)17-12-16(17)15-8-6-5-7-9-15/h5-9,14,16-19H,4,10-13H2,1-3H3. The largest absolute Gasteiger partial charge is 0.384 e. The monoisotopic (exact) mass is 275 g/mol. The Hall–Kier alpha value is -0.860. The first-order valence-corrected chi connectivity index (χ1v) is 8.03. The third-order valence-electron chi connectivity index (χ3n) is 4.35. The Bertz CT molecular complexity index is 378. The third-order valence-corrected chi connectivity index (χ3v) is 4.35. The summed E-state index contributed by atoms with van der Waals surface area (Å²) in [6, 6.07) is 11.6. The molecule has 0 saturated heterocycles. The van der Waals surface area contributed by atoms with E-state index >= 15 is 0 Å². The molecule has 2 heteroatoms. The molecular formula is C18H29NO. The van der Waals surface area contributed by atoms with Gasteiger partial charge in [0.15, 0.2) is 0 Å². The average Bonchev–Trinajstić information content (AvgIpc) is 3.25. The van der Waals surface area contributed by atoms with Crippen LogP contribution in [0, 0.1) is 11.8 Å². The molecule has 0 aromatic heterocycles. The molecule has 0 bridgehead atoms. The van der Waals surface area contributed by atoms with Crippen LogP contribution in [0.5, 0.6) is 0 Å². The Balaban J connectivity index is 1.91. The van der Waals surface area contributed by atoms with E-state index < -0.39 is 0 Å². The second-order valence-electron chi connectivity index (χ2n) is 6.27. The fourth-order valence-electron chi connectivity index (χ4n) is 3.27. The van der Waals surface area contributed by atoms with Crippen LogP contribution in [0.25, 0.3) is 0 Å². The molecule has 1 aromatic carbocycles. The van der Waals surface area contributed by atoms with Crippen molar-refractivity contribution in [2.75, 3.05) is 20.3 Å². The molecule has 1 aliphatic carbocycles. The Kier molecular flexibility index (Phi) is 6.06. The molecule has 112 valence electrons. The smallest absolute Gasteiger partial charge is 0.0488 e. The first-order chi connectivity index (χ1) is 9.76. The van der Waals surface area contributed by atoms with E-state index in [1.165, 1.54) is 24.8 Å². The number of benzene rings is 1. The Morgan fingerprint density at radius 3 is 2.70 bits per heavy atom. The maximum atomic E-state index is 5.29. The minimum absolute atomic E-state index is 0.631. The summed E-state index contributed by atoms with van der Waals surface area (Å²) in [7, 11) is 1.80. The second kappa shape index (κ2) is 7.80. The molecule has 2 rings (SSSR count). The van der Waals surface area contributed by atoms with Crippen LogP contribution in [0.1, 0.15) is 44.6 Å². The first kappa shape index (κ1) is 15.5. The molecule has 4 unspecified atom stereocenters. The summed E-state index contributed by atoms with van der Waals surface area (Å²) in [6.45, 7) is 6.53. The highest BCUT2D eigenvalue weighted by Crippen LogP contribution is 2.50. The lowest BCUT2D eigenvalue weighted by molar-refractivity contribution is 0.147. The van der Waals surface area contributed by atoms with E-state index in [0.717, 1.165) is 25.0 Å². The fraction of sp³-hybridized carbons (Fsp3) is 0.667. The van der Waals surface area contributed by atoms with Crippen molar-refractivity contribution in [3.05, 3.63) is 35.9 Å². The maximum Gasteiger partial charge on any atom is 0.0488 e. The van der Waals surface area contributed by atoms with Gasteiger partial charge in [-0.25, -0.2) is 0 Å². The number of rotatable bonds is 9. The molecule has 1 N–H and O–H groups in total. The van der Waals surface area contributed by atoms with Gasteiger partial charge in [-0.2, -0.15) is 0 Å². The number of methoxy groups -OCH3 is 1. The van der Waals surface area contributed by atoms with Crippen molar-refractivity contribution in [1.29, 1.82) is 0 Å². The molecule has 0 aliphatic heterocycles. The van der Waals surface area contributed by atoms with Crippen LogP contribution in [0.3, 0.4) is 0 Å². The lowest BCUT2D eigenvalue weighted by Crippen LogP contribution is -2.34. The van der Waals surface area contributed by atoms with Gasteiger partial charge >= 0.3 is 0 Å². The van der Waals surface area contributed by atoms with E-state index in [4.69, 9.17) is 4.74 Å². The minimum atomic E-state index is 0.631. The van der Waals surface area contributed by atoms with Gasteiger partial charge in [0.25, 0.3) is 0 Å². The van der Waals surface area contributed by atoms with E-state index in [1.807, 2.05) is 0 Å². The summed E-state index contributed by atoms with van der Waals surface area (Å²) in [6.07, 6.45) is 3.77. The molecule has 20 heavy (non-hydrogen) atoms. The summed E-state index contributed by atoms with van der Waals surface area (Å²) in [5.74, 6) is 2.20. The van der Waals surface area contributed by atoms with Gasteiger partial charge in [0.05, 0.1) is 0 Å². The molecule has 0 spiro atoms. The van der Waals surface area contributed by atoms with Crippen LogP contribution in [0.2, 0.25) is 0 Å². The van der Waals surface area contributed by atoms with Crippen LogP contribution in [-0.2, 0) is 4.74 Å². The van der Waals surface area contributed by atoms with Crippen LogP contribution in [0.15, 0.2) is 30.3 Å². The minimum Gasteiger partial charge on any atom is -0.384 e. The van der Waals surface area contributed by atoms with Crippen molar-refractivity contribution in [3.8, 4) is 0 Å². The average molecular weight is 275 g/mol. The summed E-state index contributed by atoms with van der Waals surface area (Å²) in [5.41, 5.74) is 1.51. The number of hydrogen-bond donors (Lipinski definition) is 1. The summed E-state index contributed by atoms with van der Waals surface area (Å²) >= 11 is 0. The molecule has 2 nitrogen and oxygen atoms in total. The van der Waals surface area contributed by atoms with E-state index in [0.29, 0.717) is 12.0 Å². The molecule has 1 aromatic rings. The third kappa shape index (κ3) is 4.32. The van der Waals surface area contributed by atoms with Gasteiger partial charge < -0.3 is 10.1 Å². The van der Waals surface area contributed by atoms with Gasteiger partial charge in [0.2, 0.25) is 0 Å². The zero-order valence-corrected chi connectivity index (χ0v) is 13.1. The van der Waals surface area contributed by atoms with E-state index in [-0.39, 0.29) is 0 Å². The van der Waals surface area contributed by atoms with E-state index in [2.05, 4.69) is 49.5 Å². The lowest BCUT2D eigenvalue weighted by atomic mass is 9.96. The molecule has 1 aliphatic rings. The Morgan fingerprint density at radius 2 is 2.05 bits per heavy atom. The van der Waals surface area contributed by atoms with E-state index in [1.54, 1.807) is 7.11 Å². The van der Waals surface area contributed by atoms with Crippen molar-refractivity contribution in [1.82, 2.24) is 5.32 Å². The van der Waals surface area contributed by atoms with Crippen LogP contribution in [-0.4, -0.2) is 26.3 Å². The predicted octanol–water partition coefficient (Wildman–Crippen LogP) is 3.83. The topological polar surface area (TPSA) is 21.3 Å². The predicted molar refractivity (Wildman–Crippen MR) is 85.0 cm³/mol. The zero-order chi connectivity index (χ0) is 14.4. The Labute approximate surface area is 123 Å². The molecule has 4 atom stereocenters. The quantitative estimate of drug-likeness (QED) is 0.739. The van der Waals surface area contributed by atoms with Gasteiger partial charge in [0, 0.05) is 19.8 Å². The van der Waals surface area contributed by atoms with Gasteiger partial charge in [-0.1, -0.05) is 44.2 Å². The number of ether oxygens (including phenoxy) is 1. The van der Waals surface area contributed by atoms with Crippen LogP contribution < -0.4 is 5.32 Å². The first-order valence-electron chi connectivity index (χ1n) is 8.03. The lowest BCUT2D eigenvalue weighted by Gasteiger charge is -2.22. The highest BCUT2D eigenvalue weighted by atomic mass is 16.5. The van der Waals surface area contributed by atoms with Gasteiger partial charge in [-0.05, 0) is 49.1 Å². The number of nitrogens with one attached hydrogen (secondary N) is 1. The van der Waals surface area contributed by atoms with Gasteiger partial charge in [-0.15, -0.1) is 0 Å². The molecule has 1 saturated carbocycles. The zero-order valence-electron chi connectivity index (χ0n) is 13.1. The van der Waals surface area contributed by atoms with Gasteiger partial charge in [0.1, 0.15) is 0 Å². The normalized spacial score (nSPS) is 24.4. The summed E-state index contributed by atoms with van der Waals surface area (Å²) in [4.78, 5) is 0. The highest BCUT2D eigenvalue weighted by molar-refractivity contribution is 5.26. The number of hydrogen-bond acceptors (Lipinski definition) is 2. The van der Waals surface area contributed by atoms with Gasteiger partial charge in [-0.3, -0.25) is 0 Å². The van der Waals surface area contributed by atoms with Crippen LogP contribution in [0.4, 0.5) is 0 Å². The van der Waals surface area contributed by atoms with Crippen LogP contribution >= 0.6 is 0 Å². The highest BCUT2D eigenvalue weighted by Gasteiger charge is 2.43. The molecule has 0 radical (unpaired) electrons. The molecular weight excluding hydrogens is 246 g/mol. The Morgan fingerprint density at radius 1 is 1.30 bits per heavy atom. The van der Waals surface area contributed by atoms with E-state index in [9.17, 15) is 0 Å². The molecule has 0 amide bonds. The summed E-state index contributed by atoms with van der Waals surface area (Å²) in [5, 5.41) is 3.76.